The van der Waals surface area contributed by atoms with Gasteiger partial charge in [0.1, 0.15) is 0 Å². The second-order valence-corrected chi connectivity index (χ2v) is 8.42. The fourth-order valence-electron chi connectivity index (χ4n) is 1.79. The summed E-state index contributed by atoms with van der Waals surface area (Å²) >= 11 is 0. The first-order valence-electron chi connectivity index (χ1n) is 7.04. The molecule has 1 rings (SSSR count). The molecule has 0 aromatic heterocycles. The van der Waals surface area contributed by atoms with Crippen LogP contribution in [0.3, 0.4) is 0 Å². The lowest BCUT2D eigenvalue weighted by Crippen LogP contribution is -2.44. The van der Waals surface area contributed by atoms with Crippen LogP contribution < -0.4 is 10.3 Å². The minimum Gasteiger partial charge on any atom is -0.380 e. The monoisotopic (exact) mass is 306 g/mol. The number of ether oxygens (including phenoxy) is 1. The van der Waals surface area contributed by atoms with E-state index in [1.54, 1.807) is 0 Å². The Balaban J connectivity index is 2.15. The van der Waals surface area contributed by atoms with Crippen molar-refractivity contribution in [2.24, 2.45) is 11.3 Å². The Morgan fingerprint density at radius 3 is 2.45 bits per heavy atom. The molecule has 20 heavy (non-hydrogen) atoms. The molecule has 6 nitrogen and oxygen atoms in total. The van der Waals surface area contributed by atoms with Crippen LogP contribution in [0.25, 0.3) is 0 Å². The summed E-state index contributed by atoms with van der Waals surface area (Å²) in [5.74, 6) is 0.115. The van der Waals surface area contributed by atoms with Crippen molar-refractivity contribution in [2.75, 3.05) is 19.0 Å². The van der Waals surface area contributed by atoms with Gasteiger partial charge in [-0.1, -0.05) is 27.2 Å². The second-order valence-electron chi connectivity index (χ2n) is 6.58. The zero-order valence-electron chi connectivity index (χ0n) is 12.6. The molecule has 0 aromatic carbocycles. The lowest BCUT2D eigenvalue weighted by Gasteiger charge is -2.24. The summed E-state index contributed by atoms with van der Waals surface area (Å²) in [6, 6.07) is 0. The topological polar surface area (TPSA) is 84.5 Å². The van der Waals surface area contributed by atoms with Crippen LogP contribution in [-0.4, -0.2) is 33.3 Å². The highest BCUT2D eigenvalue weighted by molar-refractivity contribution is 7.89. The lowest BCUT2D eigenvalue weighted by molar-refractivity contribution is -0.123. The molecule has 1 aliphatic rings. The Morgan fingerprint density at radius 2 is 1.95 bits per heavy atom. The minimum absolute atomic E-state index is 0.143. The maximum atomic E-state index is 11.6. The fourth-order valence-corrected chi connectivity index (χ4v) is 2.50. The van der Waals surface area contributed by atoms with Crippen molar-refractivity contribution < 1.29 is 17.9 Å². The van der Waals surface area contributed by atoms with E-state index in [9.17, 15) is 13.2 Å². The van der Waals surface area contributed by atoms with Crippen molar-refractivity contribution in [1.82, 2.24) is 10.3 Å². The molecule has 0 unspecified atom stereocenters. The van der Waals surface area contributed by atoms with Crippen LogP contribution in [0, 0.1) is 11.3 Å². The van der Waals surface area contributed by atoms with Crippen LogP contribution in [0.1, 0.15) is 46.5 Å². The van der Waals surface area contributed by atoms with Gasteiger partial charge in [-0.3, -0.25) is 10.2 Å². The molecule has 0 saturated heterocycles. The number of hydrogen-bond donors (Lipinski definition) is 2. The summed E-state index contributed by atoms with van der Waals surface area (Å²) < 4.78 is 28.6. The normalized spacial score (nSPS) is 16.8. The van der Waals surface area contributed by atoms with Crippen molar-refractivity contribution in [2.45, 2.75) is 46.5 Å². The Bertz CT molecular complexity index is 411. The Labute approximate surface area is 121 Å². The molecule has 0 radical (unpaired) electrons. The van der Waals surface area contributed by atoms with Gasteiger partial charge in [-0.05, 0) is 24.2 Å². The molecule has 2 N–H and O–H groups in total. The quantitative estimate of drug-likeness (QED) is 0.521. The first-order valence-corrected chi connectivity index (χ1v) is 8.69. The number of sulfonamides is 1. The van der Waals surface area contributed by atoms with Gasteiger partial charge in [-0.15, -0.1) is 4.83 Å². The summed E-state index contributed by atoms with van der Waals surface area (Å²) in [7, 11) is -3.53. The molecule has 1 aliphatic carbocycles. The van der Waals surface area contributed by atoms with E-state index in [2.05, 4.69) is 10.3 Å². The molecule has 118 valence electrons. The number of amides is 1. The van der Waals surface area contributed by atoms with E-state index in [0.29, 0.717) is 12.5 Å². The Hall–Kier alpha value is -0.660. The number of hydrogen-bond acceptors (Lipinski definition) is 4. The number of hydrazine groups is 1. The summed E-state index contributed by atoms with van der Waals surface area (Å²) in [6.07, 6.45) is 3.85. The first kappa shape index (κ1) is 17.4. The number of carbonyl (C=O) groups excluding carboxylic acids is 1. The molecule has 0 bridgehead atoms. The molecule has 0 atom stereocenters. The van der Waals surface area contributed by atoms with E-state index < -0.39 is 10.0 Å². The standard InChI is InChI=1S/C13H26N2O4S/c1-13(2,3)9-12(16)14-15-20(17,18)8-7-19-10-11-5-4-6-11/h11,15H,4-10H2,1-3H3,(H,14,16). The maximum Gasteiger partial charge on any atom is 0.235 e. The van der Waals surface area contributed by atoms with Crippen LogP contribution in [-0.2, 0) is 19.6 Å². The SMILES string of the molecule is CC(C)(C)CC(=O)NNS(=O)(=O)CCOCC1CCC1. The molecule has 0 aromatic rings. The Kier molecular flexibility index (Phi) is 6.42. The fraction of sp³-hybridized carbons (Fsp3) is 0.923. The molecule has 1 amide bonds. The summed E-state index contributed by atoms with van der Waals surface area (Å²) in [5, 5.41) is 0. The largest absolute Gasteiger partial charge is 0.380 e. The van der Waals surface area contributed by atoms with E-state index >= 15 is 0 Å². The molecule has 1 saturated carbocycles. The summed E-state index contributed by atoms with van der Waals surface area (Å²) in [6.45, 7) is 6.52. The highest BCUT2D eigenvalue weighted by Crippen LogP contribution is 2.26. The van der Waals surface area contributed by atoms with Crippen molar-refractivity contribution in [3.05, 3.63) is 0 Å². The number of carbonyl (C=O) groups is 1. The summed E-state index contributed by atoms with van der Waals surface area (Å²) in [4.78, 5) is 13.6. The zero-order valence-corrected chi connectivity index (χ0v) is 13.4. The van der Waals surface area contributed by atoms with Gasteiger partial charge >= 0.3 is 0 Å². The van der Waals surface area contributed by atoms with E-state index in [1.807, 2.05) is 20.8 Å². The van der Waals surface area contributed by atoms with Crippen molar-refractivity contribution in [3.8, 4) is 0 Å². The van der Waals surface area contributed by atoms with E-state index in [4.69, 9.17) is 4.74 Å². The predicted octanol–water partition coefficient (Wildman–Crippen LogP) is 1.19. The predicted molar refractivity (Wildman–Crippen MR) is 77.3 cm³/mol. The minimum atomic E-state index is -3.53. The lowest BCUT2D eigenvalue weighted by atomic mass is 9.86. The second kappa shape index (κ2) is 7.38. The molecule has 0 spiro atoms. The average Bonchev–Trinajstić information content (AvgIpc) is 2.21. The van der Waals surface area contributed by atoms with Crippen LogP contribution in [0.5, 0.6) is 0 Å². The third-order valence-electron chi connectivity index (χ3n) is 3.11. The van der Waals surface area contributed by atoms with Crippen molar-refractivity contribution in [3.63, 3.8) is 0 Å². The average molecular weight is 306 g/mol. The van der Waals surface area contributed by atoms with E-state index in [-0.39, 0.29) is 30.1 Å². The highest BCUT2D eigenvalue weighted by Gasteiger charge is 2.19. The van der Waals surface area contributed by atoms with E-state index in [1.165, 1.54) is 19.3 Å². The van der Waals surface area contributed by atoms with Gasteiger partial charge in [0.2, 0.25) is 15.9 Å². The zero-order chi connectivity index (χ0) is 15.2. The third-order valence-corrected chi connectivity index (χ3v) is 4.23. The van der Waals surface area contributed by atoms with Gasteiger partial charge in [0.15, 0.2) is 0 Å². The number of nitrogens with one attached hydrogen (secondary N) is 2. The maximum absolute atomic E-state index is 11.6. The van der Waals surface area contributed by atoms with Gasteiger partial charge in [-0.25, -0.2) is 8.42 Å². The molecule has 0 aliphatic heterocycles. The van der Waals surface area contributed by atoms with Crippen LogP contribution in [0.4, 0.5) is 0 Å². The van der Waals surface area contributed by atoms with Crippen LogP contribution >= 0.6 is 0 Å². The third kappa shape index (κ3) is 7.81. The van der Waals surface area contributed by atoms with Crippen LogP contribution in [0.15, 0.2) is 0 Å². The van der Waals surface area contributed by atoms with Gasteiger partial charge in [0.25, 0.3) is 0 Å². The molecule has 0 heterocycles. The highest BCUT2D eigenvalue weighted by atomic mass is 32.2. The van der Waals surface area contributed by atoms with Crippen molar-refractivity contribution >= 4 is 15.9 Å². The van der Waals surface area contributed by atoms with Crippen molar-refractivity contribution in [1.29, 1.82) is 0 Å². The summed E-state index contributed by atoms with van der Waals surface area (Å²) in [5.41, 5.74) is 2.04. The molecule has 7 heteroatoms. The molecule has 1 fully saturated rings. The number of rotatable bonds is 8. The molecular formula is C13H26N2O4S. The smallest absolute Gasteiger partial charge is 0.235 e. The van der Waals surface area contributed by atoms with Gasteiger partial charge in [0, 0.05) is 13.0 Å². The van der Waals surface area contributed by atoms with Gasteiger partial charge < -0.3 is 4.74 Å². The van der Waals surface area contributed by atoms with E-state index in [0.717, 1.165) is 0 Å². The molecular weight excluding hydrogens is 280 g/mol. The van der Waals surface area contributed by atoms with Gasteiger partial charge in [-0.2, -0.15) is 0 Å². The van der Waals surface area contributed by atoms with Crippen LogP contribution in [0.2, 0.25) is 0 Å². The van der Waals surface area contributed by atoms with Gasteiger partial charge in [0.05, 0.1) is 12.4 Å². The first-order chi connectivity index (χ1) is 9.18. The Morgan fingerprint density at radius 1 is 1.30 bits per heavy atom.